The highest BCUT2D eigenvalue weighted by Gasteiger charge is 2.24. The van der Waals surface area contributed by atoms with Gasteiger partial charge in [-0.15, -0.1) is 10.2 Å². The van der Waals surface area contributed by atoms with E-state index in [4.69, 9.17) is 4.98 Å². The molecule has 6 nitrogen and oxygen atoms in total. The highest BCUT2D eigenvalue weighted by Crippen LogP contribution is 2.38. The lowest BCUT2D eigenvalue weighted by Gasteiger charge is -2.17. The zero-order valence-electron chi connectivity index (χ0n) is 20.0. The number of unbranched alkanes of at least 4 members (excludes halogenated alkanes) is 3. The van der Waals surface area contributed by atoms with Gasteiger partial charge >= 0.3 is 0 Å². The molecule has 0 bridgehead atoms. The SMILES string of the molecule is CCCCCCC(c1nn[nH]n1)c1ccccc1-c1nc(-c2ccccc2)c(-c2ccccc2)[nH]1. The van der Waals surface area contributed by atoms with Crippen molar-refractivity contribution in [2.75, 3.05) is 0 Å². The summed E-state index contributed by atoms with van der Waals surface area (Å²) in [5.41, 5.74) is 6.38. The van der Waals surface area contributed by atoms with E-state index in [0.717, 1.165) is 52.6 Å². The third kappa shape index (κ3) is 5.06. The molecule has 3 aromatic carbocycles. The van der Waals surface area contributed by atoms with Gasteiger partial charge in [-0.1, -0.05) is 123 Å². The molecule has 0 aliphatic rings. The first-order valence-corrected chi connectivity index (χ1v) is 12.4. The summed E-state index contributed by atoms with van der Waals surface area (Å²) in [6, 6.07) is 29.2. The van der Waals surface area contributed by atoms with Crippen molar-refractivity contribution in [2.24, 2.45) is 0 Å². The zero-order chi connectivity index (χ0) is 23.9. The van der Waals surface area contributed by atoms with Crippen LogP contribution >= 0.6 is 0 Å². The van der Waals surface area contributed by atoms with Gasteiger partial charge in [0.1, 0.15) is 5.82 Å². The van der Waals surface area contributed by atoms with Crippen molar-refractivity contribution in [2.45, 2.75) is 44.9 Å². The Morgan fingerprint density at radius 3 is 2.20 bits per heavy atom. The maximum atomic E-state index is 5.14. The molecule has 5 rings (SSSR count). The molecule has 1 unspecified atom stereocenters. The molecule has 6 heteroatoms. The van der Waals surface area contributed by atoms with E-state index in [1.165, 1.54) is 24.8 Å². The molecule has 0 fully saturated rings. The number of nitrogens with zero attached hydrogens (tertiary/aromatic N) is 4. The molecule has 0 saturated heterocycles. The van der Waals surface area contributed by atoms with E-state index in [-0.39, 0.29) is 5.92 Å². The quantitative estimate of drug-likeness (QED) is 0.218. The van der Waals surface area contributed by atoms with E-state index in [1.54, 1.807) is 0 Å². The molecule has 0 spiro atoms. The smallest absolute Gasteiger partial charge is 0.182 e. The largest absolute Gasteiger partial charge is 0.337 e. The summed E-state index contributed by atoms with van der Waals surface area (Å²) in [5.74, 6) is 1.62. The van der Waals surface area contributed by atoms with Crippen LogP contribution in [0.1, 0.15) is 56.3 Å². The molecule has 1 atom stereocenters. The molecule has 5 aromatic rings. The number of tetrazole rings is 1. The maximum Gasteiger partial charge on any atom is 0.182 e. The Kier molecular flexibility index (Phi) is 7.08. The van der Waals surface area contributed by atoms with E-state index >= 15 is 0 Å². The number of hydrogen-bond donors (Lipinski definition) is 2. The average molecular weight is 463 g/mol. The van der Waals surface area contributed by atoms with Crippen LogP contribution in [0.25, 0.3) is 33.9 Å². The Bertz CT molecular complexity index is 1270. The third-order valence-electron chi connectivity index (χ3n) is 6.42. The number of nitrogens with one attached hydrogen (secondary N) is 2. The molecule has 2 N–H and O–H groups in total. The van der Waals surface area contributed by atoms with Crippen LogP contribution in [-0.2, 0) is 0 Å². The van der Waals surface area contributed by atoms with Crippen molar-refractivity contribution in [3.05, 3.63) is 96.3 Å². The van der Waals surface area contributed by atoms with Crippen LogP contribution in [0.2, 0.25) is 0 Å². The predicted molar refractivity (Wildman–Crippen MR) is 140 cm³/mol. The standard InChI is InChI=1S/C29H30N6/c1-2-3-4-11-19-25(29-32-34-35-33-29)23-18-12-13-20-24(23)28-30-26(21-14-7-5-8-15-21)27(31-28)22-16-9-6-10-17-22/h5-10,12-18,20,25H,2-4,11,19H2,1H3,(H,30,31)(H,32,33,34,35). The van der Waals surface area contributed by atoms with Gasteiger partial charge in [-0.05, 0) is 12.0 Å². The summed E-state index contributed by atoms with van der Waals surface area (Å²) in [6.45, 7) is 2.23. The van der Waals surface area contributed by atoms with Gasteiger partial charge in [0.05, 0.1) is 11.4 Å². The molecule has 2 aromatic heterocycles. The minimum absolute atomic E-state index is 0.0484. The van der Waals surface area contributed by atoms with Crippen LogP contribution < -0.4 is 0 Å². The van der Waals surface area contributed by atoms with Crippen LogP contribution in [0.3, 0.4) is 0 Å². The van der Waals surface area contributed by atoms with Gasteiger partial charge in [0.2, 0.25) is 0 Å². The highest BCUT2D eigenvalue weighted by atomic mass is 15.5. The molecule has 176 valence electrons. The van der Waals surface area contributed by atoms with Crippen LogP contribution in [-0.4, -0.2) is 30.6 Å². The van der Waals surface area contributed by atoms with E-state index in [0.29, 0.717) is 0 Å². The van der Waals surface area contributed by atoms with Crippen molar-refractivity contribution in [1.29, 1.82) is 0 Å². The van der Waals surface area contributed by atoms with Gasteiger partial charge in [-0.3, -0.25) is 0 Å². The summed E-state index contributed by atoms with van der Waals surface area (Å²) in [7, 11) is 0. The van der Waals surface area contributed by atoms with Crippen LogP contribution in [0.5, 0.6) is 0 Å². The fourth-order valence-corrected chi connectivity index (χ4v) is 4.65. The lowest BCUT2D eigenvalue weighted by Crippen LogP contribution is -2.06. The average Bonchev–Trinajstić information content (AvgIpc) is 3.61. The summed E-state index contributed by atoms with van der Waals surface area (Å²) >= 11 is 0. The van der Waals surface area contributed by atoms with Crippen molar-refractivity contribution in [1.82, 2.24) is 30.6 Å². The topological polar surface area (TPSA) is 83.1 Å². The second-order valence-electron chi connectivity index (χ2n) is 8.80. The summed E-state index contributed by atoms with van der Waals surface area (Å²) < 4.78 is 0. The maximum absolute atomic E-state index is 5.14. The van der Waals surface area contributed by atoms with Crippen molar-refractivity contribution in [3.63, 3.8) is 0 Å². The summed E-state index contributed by atoms with van der Waals surface area (Å²) in [6.07, 6.45) is 5.72. The molecule has 0 radical (unpaired) electrons. The first-order valence-electron chi connectivity index (χ1n) is 12.4. The highest BCUT2D eigenvalue weighted by molar-refractivity contribution is 5.81. The number of imidazole rings is 1. The Morgan fingerprint density at radius 1 is 0.771 bits per heavy atom. The molecule has 0 aliphatic carbocycles. The van der Waals surface area contributed by atoms with E-state index in [1.807, 2.05) is 12.1 Å². The molecule has 0 aliphatic heterocycles. The number of hydrogen-bond acceptors (Lipinski definition) is 4. The Balaban J connectivity index is 1.60. The minimum atomic E-state index is 0.0484. The minimum Gasteiger partial charge on any atom is -0.337 e. The Hall–Kier alpha value is -4.06. The lowest BCUT2D eigenvalue weighted by atomic mass is 9.88. The molecule has 2 heterocycles. The third-order valence-corrected chi connectivity index (χ3v) is 6.42. The molecule has 35 heavy (non-hydrogen) atoms. The summed E-state index contributed by atoms with van der Waals surface area (Å²) in [5, 5.41) is 15.2. The molecular weight excluding hydrogens is 432 g/mol. The number of rotatable bonds is 10. The summed E-state index contributed by atoms with van der Waals surface area (Å²) in [4.78, 5) is 8.80. The van der Waals surface area contributed by atoms with E-state index < -0.39 is 0 Å². The van der Waals surface area contributed by atoms with Crippen molar-refractivity contribution < 1.29 is 0 Å². The molecule has 0 amide bonds. The van der Waals surface area contributed by atoms with E-state index in [2.05, 4.69) is 105 Å². The van der Waals surface area contributed by atoms with E-state index in [9.17, 15) is 0 Å². The lowest BCUT2D eigenvalue weighted by molar-refractivity contribution is 0.581. The number of benzene rings is 3. The fourth-order valence-electron chi connectivity index (χ4n) is 4.65. The normalized spacial score (nSPS) is 12.0. The van der Waals surface area contributed by atoms with Gasteiger partial charge < -0.3 is 4.98 Å². The zero-order valence-corrected chi connectivity index (χ0v) is 20.0. The van der Waals surface area contributed by atoms with Gasteiger partial charge in [0.25, 0.3) is 0 Å². The van der Waals surface area contributed by atoms with Gasteiger partial charge in [-0.25, -0.2) is 4.98 Å². The second-order valence-corrected chi connectivity index (χ2v) is 8.80. The van der Waals surface area contributed by atoms with Gasteiger partial charge in [0.15, 0.2) is 5.82 Å². The predicted octanol–water partition coefficient (Wildman–Crippen LogP) is 7.03. The number of H-pyrrole nitrogens is 2. The fraction of sp³-hybridized carbons (Fsp3) is 0.241. The van der Waals surface area contributed by atoms with Crippen LogP contribution in [0.15, 0.2) is 84.9 Å². The number of aromatic nitrogens is 6. The second kappa shape index (κ2) is 10.9. The monoisotopic (exact) mass is 462 g/mol. The molecular formula is C29H30N6. The molecule has 0 saturated carbocycles. The number of aromatic amines is 2. The van der Waals surface area contributed by atoms with Crippen LogP contribution in [0, 0.1) is 0 Å². The van der Waals surface area contributed by atoms with Crippen molar-refractivity contribution >= 4 is 0 Å². The van der Waals surface area contributed by atoms with Gasteiger partial charge in [0, 0.05) is 22.6 Å². The Morgan fingerprint density at radius 2 is 1.49 bits per heavy atom. The van der Waals surface area contributed by atoms with Gasteiger partial charge in [-0.2, -0.15) is 5.21 Å². The van der Waals surface area contributed by atoms with Crippen molar-refractivity contribution in [3.8, 4) is 33.9 Å². The van der Waals surface area contributed by atoms with Crippen LogP contribution in [0.4, 0.5) is 0 Å². The Labute approximate surface area is 205 Å². The first-order chi connectivity index (χ1) is 17.3. The first kappa shape index (κ1) is 22.7.